The molecule has 1 N–H and O–H groups in total. The Kier molecular flexibility index (Phi) is 4.81. The first-order chi connectivity index (χ1) is 12.7. The lowest BCUT2D eigenvalue weighted by atomic mass is 10.2. The van der Waals surface area contributed by atoms with Crippen molar-refractivity contribution in [3.05, 3.63) is 65.1 Å². The zero-order chi connectivity index (χ0) is 17.9. The summed E-state index contributed by atoms with van der Waals surface area (Å²) in [5.74, 6) is 1.15. The number of aryl methyl sites for hydroxylation is 1. The quantitative estimate of drug-likeness (QED) is 0.469. The van der Waals surface area contributed by atoms with Crippen LogP contribution in [0.4, 0.5) is 5.13 Å². The van der Waals surface area contributed by atoms with Crippen LogP contribution in [-0.2, 0) is 11.2 Å². The third kappa shape index (κ3) is 3.84. The largest absolute Gasteiger partial charge is 0.441 e. The van der Waals surface area contributed by atoms with E-state index in [2.05, 4.69) is 31.2 Å². The summed E-state index contributed by atoms with van der Waals surface area (Å²) in [6.45, 7) is 0. The van der Waals surface area contributed by atoms with Crippen molar-refractivity contribution in [2.75, 3.05) is 5.32 Å². The number of nitrogens with one attached hydrogen (secondary N) is 1. The Morgan fingerprint density at radius 3 is 2.88 bits per heavy atom. The van der Waals surface area contributed by atoms with Crippen LogP contribution in [0, 0.1) is 0 Å². The fraction of sp³-hybridized carbons (Fsp3) is 0.105. The van der Waals surface area contributed by atoms with E-state index in [-0.39, 0.29) is 12.3 Å². The Bertz CT molecular complexity index is 1060. The van der Waals surface area contributed by atoms with Crippen LogP contribution in [0.5, 0.6) is 0 Å². The van der Waals surface area contributed by atoms with Crippen LogP contribution in [-0.4, -0.2) is 15.9 Å². The van der Waals surface area contributed by atoms with Crippen LogP contribution in [0.25, 0.3) is 21.5 Å². The molecule has 0 aliphatic carbocycles. The van der Waals surface area contributed by atoms with Gasteiger partial charge in [-0.1, -0.05) is 57.6 Å². The van der Waals surface area contributed by atoms with Crippen LogP contribution >= 0.6 is 27.3 Å². The van der Waals surface area contributed by atoms with Gasteiger partial charge < -0.3 is 9.73 Å². The molecular formula is C19H14BrN3O2S. The van der Waals surface area contributed by atoms with Crippen molar-refractivity contribution in [3.63, 3.8) is 0 Å². The minimum absolute atomic E-state index is 0.109. The molecule has 0 saturated heterocycles. The first-order valence-electron chi connectivity index (χ1n) is 8.03. The molecule has 5 nitrogen and oxygen atoms in total. The van der Waals surface area contributed by atoms with Crippen molar-refractivity contribution in [1.82, 2.24) is 9.97 Å². The van der Waals surface area contributed by atoms with E-state index in [4.69, 9.17) is 4.42 Å². The highest BCUT2D eigenvalue weighted by Crippen LogP contribution is 2.28. The molecule has 0 atom stereocenters. The fourth-order valence-electron chi connectivity index (χ4n) is 2.52. The molecule has 0 aliphatic rings. The van der Waals surface area contributed by atoms with Gasteiger partial charge in [0.05, 0.1) is 16.4 Å². The normalized spacial score (nSPS) is 11.0. The van der Waals surface area contributed by atoms with Gasteiger partial charge in [0.2, 0.25) is 5.91 Å². The number of carbonyl (C=O) groups is 1. The topological polar surface area (TPSA) is 68.0 Å². The Balaban J connectivity index is 1.37. The van der Waals surface area contributed by atoms with Gasteiger partial charge in [0.25, 0.3) is 0 Å². The maximum atomic E-state index is 12.2. The molecule has 2 heterocycles. The second-order valence-electron chi connectivity index (χ2n) is 5.66. The van der Waals surface area contributed by atoms with Crippen molar-refractivity contribution in [1.29, 1.82) is 0 Å². The summed E-state index contributed by atoms with van der Waals surface area (Å²) in [6, 6.07) is 15.6. The number of benzene rings is 2. The molecule has 0 unspecified atom stereocenters. The number of fused-ring (bicyclic) bond motifs is 1. The van der Waals surface area contributed by atoms with Gasteiger partial charge >= 0.3 is 0 Å². The standard InChI is InChI=1S/C19H14BrN3O2S/c20-13-6-7-14-16(10-13)26-19(22-14)23-17(24)8-9-18-21-11-15(25-18)12-4-2-1-3-5-12/h1-7,10-11H,8-9H2,(H,22,23,24). The maximum Gasteiger partial charge on any atom is 0.226 e. The van der Waals surface area contributed by atoms with Crippen LogP contribution in [0.3, 0.4) is 0 Å². The van der Waals surface area contributed by atoms with E-state index in [0.717, 1.165) is 20.3 Å². The number of hydrogen-bond donors (Lipinski definition) is 1. The lowest BCUT2D eigenvalue weighted by Gasteiger charge is -1.99. The zero-order valence-electron chi connectivity index (χ0n) is 13.6. The van der Waals surface area contributed by atoms with Gasteiger partial charge in [-0.05, 0) is 18.2 Å². The molecule has 130 valence electrons. The predicted octanol–water partition coefficient (Wildman–Crippen LogP) is 5.29. The highest BCUT2D eigenvalue weighted by atomic mass is 79.9. The first-order valence-corrected chi connectivity index (χ1v) is 9.64. The number of carbonyl (C=O) groups excluding carboxylic acids is 1. The molecule has 0 fully saturated rings. The third-order valence-electron chi connectivity index (χ3n) is 3.77. The van der Waals surface area contributed by atoms with E-state index in [1.807, 2.05) is 48.5 Å². The Morgan fingerprint density at radius 1 is 1.19 bits per heavy atom. The minimum Gasteiger partial charge on any atom is -0.441 e. The van der Waals surface area contributed by atoms with E-state index in [9.17, 15) is 4.79 Å². The summed E-state index contributed by atoms with van der Waals surface area (Å²) in [4.78, 5) is 20.9. The number of hydrogen-bond acceptors (Lipinski definition) is 5. The number of halogens is 1. The molecule has 1 amide bonds. The van der Waals surface area contributed by atoms with E-state index in [1.54, 1.807) is 6.20 Å². The van der Waals surface area contributed by atoms with Crippen molar-refractivity contribution in [2.45, 2.75) is 12.8 Å². The smallest absolute Gasteiger partial charge is 0.226 e. The summed E-state index contributed by atoms with van der Waals surface area (Å²) in [5.41, 5.74) is 1.84. The van der Waals surface area contributed by atoms with E-state index in [1.165, 1.54) is 11.3 Å². The second-order valence-corrected chi connectivity index (χ2v) is 7.61. The molecule has 0 radical (unpaired) electrons. The molecule has 0 spiro atoms. The molecule has 2 aromatic carbocycles. The Hall–Kier alpha value is -2.51. The molecule has 7 heteroatoms. The molecule has 0 saturated carbocycles. The third-order valence-corrected chi connectivity index (χ3v) is 5.20. The minimum atomic E-state index is -0.109. The van der Waals surface area contributed by atoms with Gasteiger partial charge in [-0.25, -0.2) is 9.97 Å². The highest BCUT2D eigenvalue weighted by Gasteiger charge is 2.11. The summed E-state index contributed by atoms with van der Waals surface area (Å²) >= 11 is 4.89. The fourth-order valence-corrected chi connectivity index (χ4v) is 3.95. The number of nitrogens with zero attached hydrogens (tertiary/aromatic N) is 2. The molecule has 26 heavy (non-hydrogen) atoms. The van der Waals surface area contributed by atoms with Crippen LogP contribution in [0.15, 0.2) is 63.6 Å². The van der Waals surface area contributed by atoms with Gasteiger partial charge in [-0.15, -0.1) is 0 Å². The van der Waals surface area contributed by atoms with E-state index in [0.29, 0.717) is 23.2 Å². The van der Waals surface area contributed by atoms with Crippen molar-refractivity contribution < 1.29 is 9.21 Å². The molecule has 2 aromatic heterocycles. The zero-order valence-corrected chi connectivity index (χ0v) is 16.0. The van der Waals surface area contributed by atoms with Gasteiger partial charge in [-0.3, -0.25) is 4.79 Å². The van der Waals surface area contributed by atoms with Crippen molar-refractivity contribution >= 4 is 48.5 Å². The Morgan fingerprint density at radius 2 is 2.04 bits per heavy atom. The molecule has 0 aliphatic heterocycles. The van der Waals surface area contributed by atoms with E-state index < -0.39 is 0 Å². The lowest BCUT2D eigenvalue weighted by molar-refractivity contribution is -0.116. The lowest BCUT2D eigenvalue weighted by Crippen LogP contribution is -2.12. The molecular weight excluding hydrogens is 414 g/mol. The number of anilines is 1. The number of rotatable bonds is 5. The van der Waals surface area contributed by atoms with Gasteiger partial charge in [0.15, 0.2) is 16.8 Å². The number of aromatic nitrogens is 2. The van der Waals surface area contributed by atoms with Crippen molar-refractivity contribution in [3.8, 4) is 11.3 Å². The predicted molar refractivity (Wildman–Crippen MR) is 106 cm³/mol. The van der Waals surface area contributed by atoms with Gasteiger partial charge in [-0.2, -0.15) is 0 Å². The van der Waals surface area contributed by atoms with Crippen LogP contribution < -0.4 is 5.32 Å². The SMILES string of the molecule is O=C(CCc1ncc(-c2ccccc2)o1)Nc1nc2ccc(Br)cc2s1. The first kappa shape index (κ1) is 16.9. The summed E-state index contributed by atoms with van der Waals surface area (Å²) in [7, 11) is 0. The number of oxazole rings is 1. The highest BCUT2D eigenvalue weighted by molar-refractivity contribution is 9.10. The second kappa shape index (κ2) is 7.39. The summed E-state index contributed by atoms with van der Waals surface area (Å²) in [6.07, 6.45) is 2.41. The van der Waals surface area contributed by atoms with Crippen LogP contribution in [0.1, 0.15) is 12.3 Å². The summed E-state index contributed by atoms with van der Waals surface area (Å²) in [5, 5.41) is 3.44. The van der Waals surface area contributed by atoms with Crippen LogP contribution in [0.2, 0.25) is 0 Å². The maximum absolute atomic E-state index is 12.2. The number of amides is 1. The van der Waals surface area contributed by atoms with Crippen molar-refractivity contribution in [2.24, 2.45) is 0 Å². The van der Waals surface area contributed by atoms with E-state index >= 15 is 0 Å². The number of thiazole rings is 1. The van der Waals surface area contributed by atoms with Gasteiger partial charge in [0.1, 0.15) is 0 Å². The molecule has 4 aromatic rings. The Labute approximate surface area is 162 Å². The monoisotopic (exact) mass is 427 g/mol. The summed E-state index contributed by atoms with van der Waals surface area (Å²) < 4.78 is 7.74. The van der Waals surface area contributed by atoms with Gasteiger partial charge in [0, 0.05) is 22.9 Å². The average Bonchev–Trinajstić information content (AvgIpc) is 3.27. The molecule has 0 bridgehead atoms. The average molecular weight is 428 g/mol. The molecule has 4 rings (SSSR count).